The van der Waals surface area contributed by atoms with Gasteiger partial charge in [-0.3, -0.25) is 0 Å². The van der Waals surface area contributed by atoms with E-state index in [0.717, 1.165) is 31.6 Å². The quantitative estimate of drug-likeness (QED) is 0.836. The average Bonchev–Trinajstić information content (AvgIpc) is 3.02. The smallest absolute Gasteiger partial charge is 0.252 e. The summed E-state index contributed by atoms with van der Waals surface area (Å²) in [6.45, 7) is 0.601. The third-order valence-electron chi connectivity index (χ3n) is 4.07. The Labute approximate surface area is 129 Å². The monoisotopic (exact) mass is 303 g/mol. The molecule has 6 heteroatoms. The molecule has 0 saturated carbocycles. The van der Waals surface area contributed by atoms with Gasteiger partial charge in [0.2, 0.25) is 0 Å². The van der Waals surface area contributed by atoms with Crippen molar-refractivity contribution in [2.45, 2.75) is 38.3 Å². The van der Waals surface area contributed by atoms with Gasteiger partial charge in [-0.25, -0.2) is 0 Å². The van der Waals surface area contributed by atoms with Crippen LogP contribution in [-0.4, -0.2) is 34.9 Å². The van der Waals surface area contributed by atoms with Crippen molar-refractivity contribution in [1.29, 1.82) is 0 Å². The van der Waals surface area contributed by atoms with Gasteiger partial charge in [0.05, 0.1) is 7.11 Å². The lowest BCUT2D eigenvalue weighted by molar-refractivity contribution is 0.222. The summed E-state index contributed by atoms with van der Waals surface area (Å²) in [7, 11) is 1.70. The molecule has 118 valence electrons. The summed E-state index contributed by atoms with van der Waals surface area (Å²) >= 11 is 0. The molecule has 0 bridgehead atoms. The minimum absolute atomic E-state index is 0.205. The van der Waals surface area contributed by atoms with Crippen LogP contribution in [0.4, 0.5) is 0 Å². The van der Waals surface area contributed by atoms with Crippen LogP contribution in [0.5, 0.6) is 5.75 Å². The van der Waals surface area contributed by atoms with Crippen molar-refractivity contribution in [3.05, 3.63) is 41.0 Å². The number of rotatable bonds is 6. The molecule has 0 amide bonds. The second-order valence-corrected chi connectivity index (χ2v) is 5.54. The number of aryl methyl sites for hydroxylation is 1. The zero-order valence-electron chi connectivity index (χ0n) is 12.7. The van der Waals surface area contributed by atoms with E-state index in [9.17, 15) is 0 Å². The number of aromatic nitrogens is 2. The number of fused-ring (bicyclic) bond motifs is 1. The first kappa shape index (κ1) is 15.0. The van der Waals surface area contributed by atoms with Gasteiger partial charge >= 0.3 is 0 Å². The highest BCUT2D eigenvalue weighted by Gasteiger charge is 2.18. The summed E-state index contributed by atoms with van der Waals surface area (Å²) < 4.78 is 10.1. The van der Waals surface area contributed by atoms with Gasteiger partial charge in [-0.15, -0.1) is 0 Å². The highest BCUT2D eigenvalue weighted by molar-refractivity contribution is 5.37. The Morgan fingerprint density at radius 3 is 3.09 bits per heavy atom. The highest BCUT2D eigenvalue weighted by Crippen LogP contribution is 2.25. The van der Waals surface area contributed by atoms with Crippen LogP contribution in [0.25, 0.3) is 0 Å². The maximum atomic E-state index is 8.89. The van der Waals surface area contributed by atoms with Crippen LogP contribution < -0.4 is 10.1 Å². The predicted molar refractivity (Wildman–Crippen MR) is 80.7 cm³/mol. The number of aliphatic hydroxyl groups is 1. The summed E-state index contributed by atoms with van der Waals surface area (Å²) in [6.07, 6.45) is 3.93. The molecule has 0 unspecified atom stereocenters. The number of methoxy groups -OCH3 is 1. The zero-order valence-corrected chi connectivity index (χ0v) is 12.7. The number of nitrogens with zero attached hydrogens (tertiary/aromatic N) is 2. The normalized spacial score (nSPS) is 17.3. The lowest BCUT2D eigenvalue weighted by Crippen LogP contribution is -2.35. The van der Waals surface area contributed by atoms with Crippen molar-refractivity contribution >= 4 is 0 Å². The van der Waals surface area contributed by atoms with Crippen molar-refractivity contribution in [3.8, 4) is 5.75 Å². The molecule has 0 aliphatic heterocycles. The Hall–Kier alpha value is -1.92. The summed E-state index contributed by atoms with van der Waals surface area (Å²) in [6, 6.07) is 6.80. The number of nitrogens with one attached hydrogen (secondary N) is 1. The number of hydrogen-bond acceptors (Lipinski definition) is 6. The molecule has 1 aromatic heterocycles. The lowest BCUT2D eigenvalue weighted by atomic mass is 9.88. The van der Waals surface area contributed by atoms with Gasteiger partial charge in [0.15, 0.2) is 5.82 Å². The molecule has 3 rings (SSSR count). The molecule has 0 fully saturated rings. The summed E-state index contributed by atoms with van der Waals surface area (Å²) in [5.41, 5.74) is 2.79. The molecule has 0 radical (unpaired) electrons. The lowest BCUT2D eigenvalue weighted by Gasteiger charge is -2.25. The van der Waals surface area contributed by atoms with Crippen molar-refractivity contribution in [2.75, 3.05) is 13.7 Å². The van der Waals surface area contributed by atoms with E-state index >= 15 is 0 Å². The molecular formula is C16H21N3O3. The van der Waals surface area contributed by atoms with Gasteiger partial charge in [0.1, 0.15) is 12.4 Å². The Kier molecular flexibility index (Phi) is 4.70. The molecule has 22 heavy (non-hydrogen) atoms. The first-order valence-corrected chi connectivity index (χ1v) is 7.60. The molecule has 0 spiro atoms. The summed E-state index contributed by atoms with van der Waals surface area (Å²) in [4.78, 5) is 4.08. The predicted octanol–water partition coefficient (Wildman–Crippen LogP) is 1.26. The van der Waals surface area contributed by atoms with Crippen molar-refractivity contribution in [2.24, 2.45) is 0 Å². The molecule has 0 saturated heterocycles. The van der Waals surface area contributed by atoms with Gasteiger partial charge in [0.25, 0.3) is 5.89 Å². The number of aliphatic hydroxyl groups excluding tert-OH is 1. The van der Waals surface area contributed by atoms with Gasteiger partial charge in [0, 0.05) is 19.0 Å². The standard InChI is InChI=1S/C16H21N3O3/c1-21-14-5-3-11-8-13(4-2-12(11)9-14)17-7-6-15-18-16(10-20)22-19-15/h3,5,9,13,17,20H,2,4,6-8,10H2,1H3/t13-/m0/s1. The molecule has 1 aliphatic rings. The minimum Gasteiger partial charge on any atom is -0.497 e. The maximum absolute atomic E-state index is 8.89. The second kappa shape index (κ2) is 6.89. The second-order valence-electron chi connectivity index (χ2n) is 5.54. The fourth-order valence-electron chi connectivity index (χ4n) is 2.88. The van der Waals surface area contributed by atoms with Crippen LogP contribution in [-0.2, 0) is 25.9 Å². The van der Waals surface area contributed by atoms with Crippen LogP contribution in [0.15, 0.2) is 22.7 Å². The highest BCUT2D eigenvalue weighted by atomic mass is 16.5. The third-order valence-corrected chi connectivity index (χ3v) is 4.07. The molecule has 2 aromatic rings. The van der Waals surface area contributed by atoms with Crippen LogP contribution in [0.1, 0.15) is 29.3 Å². The molecule has 1 aromatic carbocycles. The van der Waals surface area contributed by atoms with Gasteiger partial charge < -0.3 is 19.7 Å². The fourth-order valence-corrected chi connectivity index (χ4v) is 2.88. The van der Waals surface area contributed by atoms with E-state index < -0.39 is 0 Å². The van der Waals surface area contributed by atoms with Crippen molar-refractivity contribution in [3.63, 3.8) is 0 Å². The Morgan fingerprint density at radius 2 is 2.32 bits per heavy atom. The fraction of sp³-hybridized carbons (Fsp3) is 0.500. The summed E-state index contributed by atoms with van der Waals surface area (Å²) in [5.74, 6) is 1.84. The van der Waals surface area contributed by atoms with E-state index in [1.165, 1.54) is 11.1 Å². The van der Waals surface area contributed by atoms with E-state index in [4.69, 9.17) is 14.4 Å². The van der Waals surface area contributed by atoms with Crippen LogP contribution in [0, 0.1) is 0 Å². The Balaban J connectivity index is 1.50. The molecule has 1 heterocycles. The first-order chi connectivity index (χ1) is 10.8. The molecule has 6 nitrogen and oxygen atoms in total. The topological polar surface area (TPSA) is 80.4 Å². The summed E-state index contributed by atoms with van der Waals surface area (Å²) in [5, 5.41) is 16.3. The van der Waals surface area contributed by atoms with Crippen molar-refractivity contribution < 1.29 is 14.4 Å². The Morgan fingerprint density at radius 1 is 1.41 bits per heavy atom. The average molecular weight is 303 g/mol. The molecular weight excluding hydrogens is 282 g/mol. The van der Waals surface area contributed by atoms with E-state index in [1.807, 2.05) is 6.07 Å². The zero-order chi connectivity index (χ0) is 15.4. The first-order valence-electron chi connectivity index (χ1n) is 7.60. The SMILES string of the molecule is COc1ccc2c(c1)CC[C@H](NCCc1noc(CO)n1)C2. The van der Waals surface area contributed by atoms with E-state index in [0.29, 0.717) is 18.3 Å². The number of ether oxygens (including phenoxy) is 1. The van der Waals surface area contributed by atoms with Crippen LogP contribution >= 0.6 is 0 Å². The number of benzene rings is 1. The maximum Gasteiger partial charge on any atom is 0.252 e. The van der Waals surface area contributed by atoms with E-state index in [2.05, 4.69) is 27.6 Å². The molecule has 2 N–H and O–H groups in total. The van der Waals surface area contributed by atoms with Gasteiger partial charge in [-0.1, -0.05) is 11.2 Å². The largest absolute Gasteiger partial charge is 0.497 e. The van der Waals surface area contributed by atoms with Crippen LogP contribution in [0.3, 0.4) is 0 Å². The molecule has 1 aliphatic carbocycles. The van der Waals surface area contributed by atoms with E-state index in [1.54, 1.807) is 7.11 Å². The van der Waals surface area contributed by atoms with Crippen LogP contribution in [0.2, 0.25) is 0 Å². The van der Waals surface area contributed by atoms with Gasteiger partial charge in [-0.2, -0.15) is 4.98 Å². The Bertz CT molecular complexity index is 627. The van der Waals surface area contributed by atoms with Crippen molar-refractivity contribution in [1.82, 2.24) is 15.5 Å². The molecule has 1 atom stereocenters. The van der Waals surface area contributed by atoms with E-state index in [-0.39, 0.29) is 12.5 Å². The third kappa shape index (κ3) is 3.45. The van der Waals surface area contributed by atoms with Gasteiger partial charge in [-0.05, 0) is 42.5 Å². The minimum atomic E-state index is -0.205. The number of hydrogen-bond donors (Lipinski definition) is 2.